The number of benzene rings is 1. The molecule has 1 nitrogen and oxygen atoms in total. The molecule has 2 heteroatoms. The average molecular weight is 236 g/mol. The Labute approximate surface area is 102 Å². The smallest absolute Gasteiger partial charge is 0.0408 e. The Kier molecular flexibility index (Phi) is 2.15. The van der Waals surface area contributed by atoms with Crippen LogP contribution in [0.5, 0.6) is 0 Å². The van der Waals surface area contributed by atoms with Gasteiger partial charge in [-0.05, 0) is 67.3 Å². The number of hydrogen-bond acceptors (Lipinski definition) is 1. The molecule has 3 saturated carbocycles. The van der Waals surface area contributed by atoms with Gasteiger partial charge < -0.3 is 5.32 Å². The first-order valence-electron chi connectivity index (χ1n) is 6.01. The first-order chi connectivity index (χ1) is 7.59. The van der Waals surface area contributed by atoms with E-state index >= 15 is 0 Å². The van der Waals surface area contributed by atoms with Crippen LogP contribution in [0.3, 0.4) is 0 Å². The summed E-state index contributed by atoms with van der Waals surface area (Å²) < 4.78 is 0. The van der Waals surface area contributed by atoms with Gasteiger partial charge in [-0.1, -0.05) is 17.7 Å². The molecule has 0 radical (unpaired) electrons. The zero-order valence-corrected chi connectivity index (χ0v) is 10.7. The van der Waals surface area contributed by atoms with E-state index in [0.29, 0.717) is 10.8 Å². The van der Waals surface area contributed by atoms with Crippen molar-refractivity contribution in [2.75, 3.05) is 13.6 Å². The predicted octanol–water partition coefficient (Wildman–Crippen LogP) is 3.29. The Balaban J connectivity index is 1.82. The van der Waals surface area contributed by atoms with Gasteiger partial charge in [0.15, 0.2) is 0 Å². The molecular formula is C14H18ClN. The normalized spacial score (nSPS) is 35.4. The second kappa shape index (κ2) is 3.24. The van der Waals surface area contributed by atoms with Crippen LogP contribution in [-0.2, 0) is 5.41 Å². The number of rotatable bonds is 3. The maximum absolute atomic E-state index is 6.01. The summed E-state index contributed by atoms with van der Waals surface area (Å²) in [6, 6.07) is 6.37. The number of halogens is 1. The van der Waals surface area contributed by atoms with Crippen LogP contribution in [0.4, 0.5) is 0 Å². The van der Waals surface area contributed by atoms with Crippen LogP contribution >= 0.6 is 11.6 Å². The number of nitrogens with one attached hydrogen (secondary N) is 1. The second-order valence-corrected chi connectivity index (χ2v) is 6.24. The van der Waals surface area contributed by atoms with Crippen molar-refractivity contribution < 1.29 is 0 Å². The maximum Gasteiger partial charge on any atom is 0.0408 e. The second-order valence-electron chi connectivity index (χ2n) is 5.80. The van der Waals surface area contributed by atoms with Crippen LogP contribution < -0.4 is 5.32 Å². The van der Waals surface area contributed by atoms with Gasteiger partial charge in [0.1, 0.15) is 0 Å². The summed E-state index contributed by atoms with van der Waals surface area (Å²) in [6.07, 6.45) is 4.09. The summed E-state index contributed by atoms with van der Waals surface area (Å²) in [5, 5.41) is 4.18. The molecule has 0 amide bonds. The third-order valence-corrected chi connectivity index (χ3v) is 4.69. The molecule has 86 valence electrons. The van der Waals surface area contributed by atoms with Crippen molar-refractivity contribution in [1.82, 2.24) is 5.32 Å². The summed E-state index contributed by atoms with van der Waals surface area (Å²) in [7, 11) is 2.06. The monoisotopic (exact) mass is 235 g/mol. The predicted molar refractivity (Wildman–Crippen MR) is 68.1 cm³/mol. The molecule has 1 aromatic carbocycles. The van der Waals surface area contributed by atoms with Gasteiger partial charge >= 0.3 is 0 Å². The summed E-state index contributed by atoms with van der Waals surface area (Å²) in [4.78, 5) is 0. The van der Waals surface area contributed by atoms with Gasteiger partial charge in [-0.25, -0.2) is 0 Å². The average Bonchev–Trinajstić information content (AvgIpc) is 2.10. The van der Waals surface area contributed by atoms with E-state index in [9.17, 15) is 0 Å². The van der Waals surface area contributed by atoms with E-state index in [1.807, 2.05) is 6.07 Å². The van der Waals surface area contributed by atoms with Gasteiger partial charge in [-0.2, -0.15) is 0 Å². The highest BCUT2D eigenvalue weighted by molar-refractivity contribution is 6.30. The number of aryl methyl sites for hydroxylation is 1. The van der Waals surface area contributed by atoms with Crippen molar-refractivity contribution in [3.8, 4) is 0 Å². The number of hydrogen-bond donors (Lipinski definition) is 1. The lowest BCUT2D eigenvalue weighted by molar-refractivity contribution is -0.137. The Hall–Kier alpha value is -0.530. The lowest BCUT2D eigenvalue weighted by Crippen LogP contribution is -2.67. The Morgan fingerprint density at radius 2 is 2.00 bits per heavy atom. The largest absolute Gasteiger partial charge is 0.319 e. The zero-order valence-electron chi connectivity index (χ0n) is 9.94. The molecule has 3 aliphatic rings. The van der Waals surface area contributed by atoms with Crippen LogP contribution in [0.1, 0.15) is 30.4 Å². The minimum Gasteiger partial charge on any atom is -0.319 e. The van der Waals surface area contributed by atoms with Crippen molar-refractivity contribution in [3.63, 3.8) is 0 Å². The van der Waals surface area contributed by atoms with E-state index in [1.54, 1.807) is 0 Å². The van der Waals surface area contributed by atoms with E-state index in [-0.39, 0.29) is 0 Å². The Morgan fingerprint density at radius 3 is 2.56 bits per heavy atom. The summed E-state index contributed by atoms with van der Waals surface area (Å²) in [6.45, 7) is 3.37. The highest BCUT2D eigenvalue weighted by Gasteiger charge is 2.67. The SMILES string of the molecule is CNCC12CC(c3ccc(Cl)cc3C)(C1)C2. The quantitative estimate of drug-likeness (QED) is 0.848. The molecule has 0 aromatic heterocycles. The summed E-state index contributed by atoms with van der Waals surface area (Å²) >= 11 is 6.01. The molecule has 0 spiro atoms. The molecule has 0 heterocycles. The summed E-state index contributed by atoms with van der Waals surface area (Å²) in [5.74, 6) is 0. The molecule has 3 aliphatic carbocycles. The van der Waals surface area contributed by atoms with Crippen molar-refractivity contribution in [3.05, 3.63) is 34.3 Å². The first kappa shape index (κ1) is 10.6. The van der Waals surface area contributed by atoms with Crippen LogP contribution in [-0.4, -0.2) is 13.6 Å². The topological polar surface area (TPSA) is 12.0 Å². The molecule has 4 rings (SSSR count). The third-order valence-electron chi connectivity index (χ3n) is 4.45. The van der Waals surface area contributed by atoms with Gasteiger partial charge in [0, 0.05) is 11.6 Å². The first-order valence-corrected chi connectivity index (χ1v) is 6.38. The van der Waals surface area contributed by atoms with Crippen molar-refractivity contribution >= 4 is 11.6 Å². The fourth-order valence-corrected chi connectivity index (χ4v) is 4.30. The van der Waals surface area contributed by atoms with E-state index in [1.165, 1.54) is 36.9 Å². The third kappa shape index (κ3) is 1.28. The van der Waals surface area contributed by atoms with Gasteiger partial charge in [0.05, 0.1) is 0 Å². The van der Waals surface area contributed by atoms with Crippen LogP contribution in [0.25, 0.3) is 0 Å². The summed E-state index contributed by atoms with van der Waals surface area (Å²) in [5.41, 5.74) is 4.03. The molecule has 1 N–H and O–H groups in total. The van der Waals surface area contributed by atoms with Crippen LogP contribution in [0.2, 0.25) is 5.02 Å². The molecule has 1 aromatic rings. The van der Waals surface area contributed by atoms with Gasteiger partial charge in [0.2, 0.25) is 0 Å². The van der Waals surface area contributed by atoms with E-state index < -0.39 is 0 Å². The highest BCUT2D eigenvalue weighted by Crippen LogP contribution is 2.73. The fraction of sp³-hybridized carbons (Fsp3) is 0.571. The molecular weight excluding hydrogens is 218 g/mol. The minimum atomic E-state index is 0.505. The van der Waals surface area contributed by atoms with Gasteiger partial charge in [-0.15, -0.1) is 0 Å². The van der Waals surface area contributed by atoms with E-state index in [4.69, 9.17) is 11.6 Å². The van der Waals surface area contributed by atoms with Gasteiger partial charge in [0.25, 0.3) is 0 Å². The fourth-order valence-electron chi connectivity index (χ4n) is 4.07. The molecule has 0 atom stereocenters. The maximum atomic E-state index is 6.01. The highest BCUT2D eigenvalue weighted by atomic mass is 35.5. The Morgan fingerprint density at radius 1 is 1.31 bits per heavy atom. The molecule has 3 fully saturated rings. The lowest BCUT2D eigenvalue weighted by Gasteiger charge is -2.71. The van der Waals surface area contributed by atoms with E-state index in [2.05, 4.69) is 31.4 Å². The molecule has 0 unspecified atom stereocenters. The lowest BCUT2D eigenvalue weighted by atomic mass is 9.33. The minimum absolute atomic E-state index is 0.505. The Bertz CT molecular complexity index is 419. The molecule has 2 bridgehead atoms. The molecule has 0 aliphatic heterocycles. The van der Waals surface area contributed by atoms with Crippen molar-refractivity contribution in [2.24, 2.45) is 5.41 Å². The van der Waals surface area contributed by atoms with Crippen LogP contribution in [0, 0.1) is 12.3 Å². The molecule has 0 saturated heterocycles. The zero-order chi connectivity index (χ0) is 11.4. The van der Waals surface area contributed by atoms with Crippen molar-refractivity contribution in [2.45, 2.75) is 31.6 Å². The van der Waals surface area contributed by atoms with Crippen molar-refractivity contribution in [1.29, 1.82) is 0 Å². The standard InChI is InChI=1S/C14H18ClN/c1-10-5-11(15)3-4-12(10)14-6-13(7-14,8-14)9-16-2/h3-5,16H,6-9H2,1-2H3. The van der Waals surface area contributed by atoms with E-state index in [0.717, 1.165) is 5.02 Å². The van der Waals surface area contributed by atoms with Crippen LogP contribution in [0.15, 0.2) is 18.2 Å². The van der Waals surface area contributed by atoms with Gasteiger partial charge in [-0.3, -0.25) is 0 Å². The molecule has 16 heavy (non-hydrogen) atoms.